The van der Waals surface area contributed by atoms with Crippen LogP contribution in [0, 0.1) is 11.3 Å². The minimum atomic E-state index is -0.588. The van der Waals surface area contributed by atoms with Gasteiger partial charge in [0.1, 0.15) is 17.4 Å². The lowest BCUT2D eigenvalue weighted by molar-refractivity contribution is -0.112. The quantitative estimate of drug-likeness (QED) is 0.496. The number of nitrogens with one attached hydrogen (secondary N) is 1. The molecular formula is C19H16N2O4. The van der Waals surface area contributed by atoms with Crippen molar-refractivity contribution in [1.29, 1.82) is 5.26 Å². The average Bonchev–Trinajstić information content (AvgIpc) is 2.60. The Labute approximate surface area is 145 Å². The van der Waals surface area contributed by atoms with Crippen molar-refractivity contribution in [3.8, 4) is 11.8 Å². The molecule has 2 aromatic rings. The lowest BCUT2D eigenvalue weighted by Crippen LogP contribution is -2.13. The largest absolute Gasteiger partial charge is 0.508 e. The standard InChI is InChI=1S/C19H16N2O4/c1-2-25-19(24)14-6-8-16(9-7-14)21-18(23)15(12-20)10-13-4-3-5-17(22)11-13/h3-11,22H,2H2,1H3,(H,21,23)/b15-10+. The number of carbonyl (C=O) groups is 2. The van der Waals surface area contributed by atoms with Crippen LogP contribution in [0.2, 0.25) is 0 Å². The molecule has 0 saturated carbocycles. The van der Waals surface area contributed by atoms with Gasteiger partial charge >= 0.3 is 5.97 Å². The summed E-state index contributed by atoms with van der Waals surface area (Å²) in [5.74, 6) is -0.988. The highest BCUT2D eigenvalue weighted by Gasteiger charge is 2.11. The van der Waals surface area contributed by atoms with Crippen molar-refractivity contribution in [3.63, 3.8) is 0 Å². The number of amides is 1. The fourth-order valence-corrected chi connectivity index (χ4v) is 2.03. The summed E-state index contributed by atoms with van der Waals surface area (Å²) >= 11 is 0. The van der Waals surface area contributed by atoms with Gasteiger partial charge in [-0.15, -0.1) is 0 Å². The van der Waals surface area contributed by atoms with Crippen LogP contribution >= 0.6 is 0 Å². The molecule has 2 rings (SSSR count). The van der Waals surface area contributed by atoms with Crippen molar-refractivity contribution < 1.29 is 19.4 Å². The topological polar surface area (TPSA) is 99.4 Å². The predicted octanol–water partition coefficient (Wildman–Crippen LogP) is 3.11. The van der Waals surface area contributed by atoms with E-state index < -0.39 is 11.9 Å². The first-order valence-corrected chi connectivity index (χ1v) is 7.53. The maximum Gasteiger partial charge on any atom is 0.338 e. The maximum absolute atomic E-state index is 12.2. The Morgan fingerprint density at radius 1 is 1.24 bits per heavy atom. The lowest BCUT2D eigenvalue weighted by Gasteiger charge is -2.06. The molecule has 0 aliphatic rings. The number of benzene rings is 2. The molecule has 0 spiro atoms. The van der Waals surface area contributed by atoms with Crippen molar-refractivity contribution >= 4 is 23.6 Å². The Hall–Kier alpha value is -3.59. The van der Waals surface area contributed by atoms with Gasteiger partial charge in [0, 0.05) is 5.69 Å². The Bertz CT molecular complexity index is 848. The monoisotopic (exact) mass is 336 g/mol. The molecule has 2 N–H and O–H groups in total. The lowest BCUT2D eigenvalue weighted by atomic mass is 10.1. The number of hydrogen-bond donors (Lipinski definition) is 2. The van der Waals surface area contributed by atoms with Gasteiger partial charge in [-0.25, -0.2) is 4.79 Å². The van der Waals surface area contributed by atoms with Gasteiger partial charge in [0.2, 0.25) is 0 Å². The molecule has 0 saturated heterocycles. The van der Waals surface area contributed by atoms with Crippen LogP contribution in [0.25, 0.3) is 6.08 Å². The molecule has 0 unspecified atom stereocenters. The van der Waals surface area contributed by atoms with Gasteiger partial charge in [-0.2, -0.15) is 5.26 Å². The first-order chi connectivity index (χ1) is 12.0. The van der Waals surface area contributed by atoms with E-state index in [4.69, 9.17) is 4.74 Å². The fourth-order valence-electron chi connectivity index (χ4n) is 2.03. The SMILES string of the molecule is CCOC(=O)c1ccc(NC(=O)/C(C#N)=C/c2cccc(O)c2)cc1. The molecule has 0 aliphatic heterocycles. The zero-order valence-electron chi connectivity index (χ0n) is 13.5. The average molecular weight is 336 g/mol. The number of ether oxygens (including phenoxy) is 1. The second kappa shape index (κ2) is 8.31. The van der Waals surface area contributed by atoms with Gasteiger partial charge < -0.3 is 15.2 Å². The number of phenols is 1. The van der Waals surface area contributed by atoms with Gasteiger partial charge in [0.25, 0.3) is 5.91 Å². The molecule has 0 heterocycles. The number of anilines is 1. The zero-order chi connectivity index (χ0) is 18.2. The molecule has 25 heavy (non-hydrogen) atoms. The minimum Gasteiger partial charge on any atom is -0.508 e. The number of nitriles is 1. The molecule has 0 aliphatic carbocycles. The van der Waals surface area contributed by atoms with Gasteiger partial charge in [-0.1, -0.05) is 12.1 Å². The smallest absolute Gasteiger partial charge is 0.338 e. The van der Waals surface area contributed by atoms with Gasteiger partial charge in [-0.3, -0.25) is 4.79 Å². The third-order valence-electron chi connectivity index (χ3n) is 3.20. The van der Waals surface area contributed by atoms with E-state index in [1.54, 1.807) is 31.2 Å². The molecule has 6 heteroatoms. The molecule has 2 aromatic carbocycles. The van der Waals surface area contributed by atoms with Crippen LogP contribution in [-0.2, 0) is 9.53 Å². The number of aromatic hydroxyl groups is 1. The van der Waals surface area contributed by atoms with E-state index in [1.165, 1.54) is 30.3 Å². The van der Waals surface area contributed by atoms with Crippen LogP contribution in [0.4, 0.5) is 5.69 Å². The van der Waals surface area contributed by atoms with E-state index in [0.29, 0.717) is 16.8 Å². The first kappa shape index (κ1) is 17.8. The summed E-state index contributed by atoms with van der Waals surface area (Å²) < 4.78 is 4.88. The van der Waals surface area contributed by atoms with Crippen molar-refractivity contribution in [1.82, 2.24) is 0 Å². The Morgan fingerprint density at radius 2 is 1.96 bits per heavy atom. The molecule has 6 nitrogen and oxygen atoms in total. The number of nitrogens with zero attached hydrogens (tertiary/aromatic N) is 1. The Morgan fingerprint density at radius 3 is 2.56 bits per heavy atom. The minimum absolute atomic E-state index is 0.0426. The summed E-state index contributed by atoms with van der Waals surface area (Å²) in [5, 5.41) is 21.2. The van der Waals surface area contributed by atoms with E-state index in [1.807, 2.05) is 6.07 Å². The van der Waals surface area contributed by atoms with E-state index in [2.05, 4.69) is 5.32 Å². The fraction of sp³-hybridized carbons (Fsp3) is 0.105. The summed E-state index contributed by atoms with van der Waals surface area (Å²) in [6, 6.07) is 14.2. The van der Waals surface area contributed by atoms with Crippen LogP contribution in [0.1, 0.15) is 22.8 Å². The highest BCUT2D eigenvalue weighted by atomic mass is 16.5. The summed E-state index contributed by atoms with van der Waals surface area (Å²) in [4.78, 5) is 23.8. The number of phenolic OH excluding ortho intramolecular Hbond substituents is 1. The van der Waals surface area contributed by atoms with Gasteiger partial charge in [0.15, 0.2) is 0 Å². The molecule has 0 radical (unpaired) electrons. The van der Waals surface area contributed by atoms with Crippen LogP contribution in [0.15, 0.2) is 54.1 Å². The molecule has 0 atom stereocenters. The summed E-state index contributed by atoms with van der Waals surface area (Å²) in [7, 11) is 0. The van der Waals surface area contributed by atoms with E-state index in [0.717, 1.165) is 0 Å². The maximum atomic E-state index is 12.2. The molecule has 0 aromatic heterocycles. The summed E-state index contributed by atoms with van der Waals surface area (Å²) in [5.41, 5.74) is 1.23. The van der Waals surface area contributed by atoms with Crippen LogP contribution in [0.3, 0.4) is 0 Å². The molecule has 0 bridgehead atoms. The highest BCUT2D eigenvalue weighted by Crippen LogP contribution is 2.16. The van der Waals surface area contributed by atoms with Gasteiger partial charge in [-0.05, 0) is 55.0 Å². The second-order valence-corrected chi connectivity index (χ2v) is 5.02. The predicted molar refractivity (Wildman–Crippen MR) is 92.7 cm³/mol. The third-order valence-corrected chi connectivity index (χ3v) is 3.20. The zero-order valence-corrected chi connectivity index (χ0v) is 13.5. The third kappa shape index (κ3) is 4.94. The number of esters is 1. The van der Waals surface area contributed by atoms with Crippen molar-refractivity contribution in [2.45, 2.75) is 6.92 Å². The Balaban J connectivity index is 2.12. The van der Waals surface area contributed by atoms with Crippen LogP contribution < -0.4 is 5.32 Å². The van der Waals surface area contributed by atoms with E-state index in [9.17, 15) is 20.0 Å². The van der Waals surface area contributed by atoms with Crippen molar-refractivity contribution in [2.75, 3.05) is 11.9 Å². The highest BCUT2D eigenvalue weighted by molar-refractivity contribution is 6.09. The number of hydrogen-bond acceptors (Lipinski definition) is 5. The Kier molecular flexibility index (Phi) is 5.91. The van der Waals surface area contributed by atoms with E-state index >= 15 is 0 Å². The van der Waals surface area contributed by atoms with Crippen molar-refractivity contribution in [2.24, 2.45) is 0 Å². The number of carbonyl (C=O) groups excluding carboxylic acids is 2. The molecular weight excluding hydrogens is 320 g/mol. The van der Waals surface area contributed by atoms with Crippen LogP contribution in [0.5, 0.6) is 5.75 Å². The first-order valence-electron chi connectivity index (χ1n) is 7.53. The van der Waals surface area contributed by atoms with Crippen LogP contribution in [-0.4, -0.2) is 23.6 Å². The number of rotatable bonds is 5. The molecule has 126 valence electrons. The summed E-state index contributed by atoms with van der Waals surface area (Å²) in [6.07, 6.45) is 1.38. The van der Waals surface area contributed by atoms with E-state index in [-0.39, 0.29) is 17.9 Å². The normalized spacial score (nSPS) is 10.6. The van der Waals surface area contributed by atoms with Crippen molar-refractivity contribution in [3.05, 3.63) is 65.2 Å². The van der Waals surface area contributed by atoms with Gasteiger partial charge in [0.05, 0.1) is 12.2 Å². The summed E-state index contributed by atoms with van der Waals surface area (Å²) in [6.45, 7) is 2.00. The molecule has 1 amide bonds. The second-order valence-electron chi connectivity index (χ2n) is 5.02. The molecule has 0 fully saturated rings.